The summed E-state index contributed by atoms with van der Waals surface area (Å²) in [6.07, 6.45) is 1.42. The van der Waals surface area contributed by atoms with Crippen molar-refractivity contribution in [3.8, 4) is 34.1 Å². The van der Waals surface area contributed by atoms with Gasteiger partial charge in [0.15, 0.2) is 28.2 Å². The minimum absolute atomic E-state index is 0.175. The number of aromatic amines is 1. The smallest absolute Gasteiger partial charge is 0.340 e. The lowest BCUT2D eigenvalue weighted by Gasteiger charge is -2.19. The van der Waals surface area contributed by atoms with Crippen molar-refractivity contribution in [1.82, 2.24) is 15.0 Å². The number of benzene rings is 2. The second-order valence-corrected chi connectivity index (χ2v) is 8.82. The Morgan fingerprint density at radius 3 is 2.26 bits per heavy atom. The molecular formula is C27H27N3O7S. The van der Waals surface area contributed by atoms with Gasteiger partial charge in [0.1, 0.15) is 0 Å². The Morgan fingerprint density at radius 1 is 0.921 bits per heavy atom. The van der Waals surface area contributed by atoms with Gasteiger partial charge in [-0.15, -0.1) is 0 Å². The van der Waals surface area contributed by atoms with E-state index in [2.05, 4.69) is 9.97 Å². The van der Waals surface area contributed by atoms with Crippen LogP contribution in [0, 0.1) is 0 Å². The number of fused-ring (bicyclic) bond motifs is 1. The summed E-state index contributed by atoms with van der Waals surface area (Å²) in [5, 5.41) is 1.05. The number of hydrogen-bond acceptors (Lipinski definition) is 10. The van der Waals surface area contributed by atoms with E-state index in [1.54, 1.807) is 52.5 Å². The number of hydrogen-bond donors (Lipinski definition) is 1. The van der Waals surface area contributed by atoms with Gasteiger partial charge in [-0.25, -0.2) is 9.78 Å². The van der Waals surface area contributed by atoms with Crippen molar-refractivity contribution >= 4 is 28.6 Å². The highest BCUT2D eigenvalue weighted by atomic mass is 32.2. The van der Waals surface area contributed by atoms with Gasteiger partial charge in [0.05, 0.1) is 51.8 Å². The molecule has 0 radical (unpaired) electrons. The Morgan fingerprint density at radius 2 is 1.61 bits per heavy atom. The van der Waals surface area contributed by atoms with E-state index >= 15 is 0 Å². The van der Waals surface area contributed by atoms with Crippen LogP contribution in [-0.2, 0) is 10.5 Å². The molecule has 0 atom stereocenters. The number of ether oxygens (including phenoxy) is 5. The Hall–Kier alpha value is -4.25. The van der Waals surface area contributed by atoms with E-state index in [0.29, 0.717) is 55.9 Å². The molecule has 0 bridgehead atoms. The minimum atomic E-state index is -0.536. The number of thioether (sulfide) groups is 1. The van der Waals surface area contributed by atoms with Gasteiger partial charge in [0.2, 0.25) is 0 Å². The highest BCUT2D eigenvalue weighted by Crippen LogP contribution is 2.42. The van der Waals surface area contributed by atoms with Crippen molar-refractivity contribution in [3.63, 3.8) is 0 Å². The molecule has 0 aliphatic heterocycles. The molecule has 1 N–H and O–H groups in total. The zero-order valence-corrected chi connectivity index (χ0v) is 22.4. The summed E-state index contributed by atoms with van der Waals surface area (Å²) < 4.78 is 27.5. The molecule has 198 valence electrons. The lowest BCUT2D eigenvalue weighted by molar-refractivity contribution is 0.0526. The molecule has 38 heavy (non-hydrogen) atoms. The molecule has 2 aromatic heterocycles. The van der Waals surface area contributed by atoms with Crippen molar-refractivity contribution in [1.29, 1.82) is 0 Å². The first-order chi connectivity index (χ1) is 18.4. The molecule has 0 spiro atoms. The highest BCUT2D eigenvalue weighted by Gasteiger charge is 2.26. The molecule has 10 nitrogen and oxygen atoms in total. The van der Waals surface area contributed by atoms with Crippen LogP contribution in [0.15, 0.2) is 52.5 Å². The van der Waals surface area contributed by atoms with E-state index < -0.39 is 5.97 Å². The van der Waals surface area contributed by atoms with Crippen LogP contribution in [0.1, 0.15) is 23.0 Å². The third kappa shape index (κ3) is 5.37. The van der Waals surface area contributed by atoms with E-state index in [1.165, 1.54) is 31.1 Å². The van der Waals surface area contributed by atoms with Crippen LogP contribution >= 0.6 is 11.8 Å². The normalized spacial score (nSPS) is 10.8. The number of esters is 1. The molecule has 4 aromatic rings. The van der Waals surface area contributed by atoms with Crippen LogP contribution < -0.4 is 24.5 Å². The molecule has 0 fully saturated rings. The molecule has 2 heterocycles. The third-order valence-electron chi connectivity index (χ3n) is 5.71. The molecule has 0 saturated carbocycles. The largest absolute Gasteiger partial charge is 0.493 e. The summed E-state index contributed by atoms with van der Waals surface area (Å²) >= 11 is 1.24. The molecule has 0 unspecified atom stereocenters. The van der Waals surface area contributed by atoms with Crippen LogP contribution in [0.2, 0.25) is 0 Å². The molecule has 11 heteroatoms. The number of rotatable bonds is 10. The van der Waals surface area contributed by atoms with Gasteiger partial charge in [-0.2, -0.15) is 0 Å². The van der Waals surface area contributed by atoms with Crippen LogP contribution in [0.25, 0.3) is 22.0 Å². The maximum atomic E-state index is 13.5. The second kappa shape index (κ2) is 11.9. The maximum absolute atomic E-state index is 13.5. The van der Waals surface area contributed by atoms with Gasteiger partial charge in [0, 0.05) is 35.0 Å². The van der Waals surface area contributed by atoms with Gasteiger partial charge >= 0.3 is 5.97 Å². The van der Waals surface area contributed by atoms with Crippen LogP contribution in [-0.4, -0.2) is 56.0 Å². The second-order valence-electron chi connectivity index (χ2n) is 7.85. The lowest BCUT2D eigenvalue weighted by atomic mass is 9.93. The molecule has 0 aliphatic rings. The topological polar surface area (TPSA) is 122 Å². The summed E-state index contributed by atoms with van der Waals surface area (Å²) in [5.41, 5.74) is 2.30. The Labute approximate surface area is 223 Å². The number of pyridine rings is 1. The number of methoxy groups -OCH3 is 4. The minimum Gasteiger partial charge on any atom is -0.493 e. The Balaban J connectivity index is 2.04. The number of nitrogens with zero attached hydrogens (tertiary/aromatic N) is 2. The van der Waals surface area contributed by atoms with E-state index in [-0.39, 0.29) is 23.5 Å². The summed E-state index contributed by atoms with van der Waals surface area (Å²) in [5.74, 6) is 1.69. The maximum Gasteiger partial charge on any atom is 0.340 e. The first kappa shape index (κ1) is 26.8. The van der Waals surface area contributed by atoms with Gasteiger partial charge in [0.25, 0.3) is 5.56 Å². The van der Waals surface area contributed by atoms with Gasteiger partial charge < -0.3 is 28.7 Å². The molecule has 2 aromatic carbocycles. The Bertz CT molecular complexity index is 1540. The van der Waals surface area contributed by atoms with Gasteiger partial charge in [-0.1, -0.05) is 17.8 Å². The molecule has 0 amide bonds. The number of carbonyl (C=O) groups is 1. The number of aromatic nitrogens is 3. The molecular weight excluding hydrogens is 510 g/mol. The summed E-state index contributed by atoms with van der Waals surface area (Å²) in [6, 6.07) is 10.3. The van der Waals surface area contributed by atoms with Crippen LogP contribution in [0.3, 0.4) is 0 Å². The monoisotopic (exact) mass is 537 g/mol. The molecule has 0 aliphatic carbocycles. The predicted octanol–water partition coefficient (Wildman–Crippen LogP) is 4.49. The zero-order valence-electron chi connectivity index (χ0n) is 21.6. The van der Waals surface area contributed by atoms with E-state index in [0.717, 1.165) is 0 Å². The average Bonchev–Trinajstić information content (AvgIpc) is 2.94. The van der Waals surface area contributed by atoms with Crippen LogP contribution in [0.4, 0.5) is 0 Å². The first-order valence-corrected chi connectivity index (χ1v) is 12.6. The fourth-order valence-electron chi connectivity index (χ4n) is 4.02. The summed E-state index contributed by atoms with van der Waals surface area (Å²) in [7, 11) is 6.18. The number of nitrogens with one attached hydrogen (secondary N) is 1. The fraction of sp³-hybridized carbons (Fsp3) is 0.259. The van der Waals surface area contributed by atoms with Crippen molar-refractivity contribution in [2.75, 3.05) is 35.0 Å². The predicted molar refractivity (Wildman–Crippen MR) is 144 cm³/mol. The number of carbonyl (C=O) groups excluding carboxylic acids is 1. The first-order valence-electron chi connectivity index (χ1n) is 11.6. The zero-order chi connectivity index (χ0) is 27.2. The lowest BCUT2D eigenvalue weighted by Crippen LogP contribution is -2.13. The fourth-order valence-corrected chi connectivity index (χ4v) is 4.81. The van der Waals surface area contributed by atoms with Crippen LogP contribution in [0.5, 0.6) is 23.0 Å². The van der Waals surface area contributed by atoms with E-state index in [4.69, 9.17) is 28.7 Å². The number of H-pyrrole nitrogens is 1. The van der Waals surface area contributed by atoms with Crippen molar-refractivity contribution < 1.29 is 28.5 Å². The Kier molecular flexibility index (Phi) is 8.37. The quantitative estimate of drug-likeness (QED) is 0.176. The average molecular weight is 538 g/mol. The summed E-state index contributed by atoms with van der Waals surface area (Å²) in [4.78, 5) is 36.9. The van der Waals surface area contributed by atoms with Crippen molar-refractivity contribution in [2.45, 2.75) is 17.8 Å². The van der Waals surface area contributed by atoms with Gasteiger partial charge in [-0.3, -0.25) is 9.78 Å². The third-order valence-corrected chi connectivity index (χ3v) is 6.61. The molecule has 0 saturated heterocycles. The van der Waals surface area contributed by atoms with Gasteiger partial charge in [-0.05, 0) is 30.7 Å². The van der Waals surface area contributed by atoms with Crippen molar-refractivity contribution in [3.05, 3.63) is 64.2 Å². The summed E-state index contributed by atoms with van der Waals surface area (Å²) in [6.45, 7) is 1.91. The standard InChI is InChI=1S/C27H27N3O7S/c1-6-37-26(32)25-18(14-38-27-28-10-9-23(31)30-27)29-17-13-22(36-5)21(35-4)12-16(17)24(25)15-7-8-19(33-2)20(11-15)34-3/h7-13H,6,14H2,1-5H3,(H,28,30,31). The highest BCUT2D eigenvalue weighted by molar-refractivity contribution is 7.98. The van der Waals surface area contributed by atoms with Crippen molar-refractivity contribution in [2.24, 2.45) is 0 Å². The SMILES string of the molecule is CCOC(=O)c1c(CSc2nccc(=O)[nH]2)nc2cc(OC)c(OC)cc2c1-c1ccc(OC)c(OC)c1. The molecule has 4 rings (SSSR count). The van der Waals surface area contributed by atoms with E-state index in [9.17, 15) is 9.59 Å². The van der Waals surface area contributed by atoms with E-state index in [1.807, 2.05) is 6.07 Å².